The largest absolute Gasteiger partial charge is 0.357 e. The first-order valence-corrected chi connectivity index (χ1v) is 18.0. The smallest absolute Gasteiger partial charge is 0.246 e. The highest BCUT2D eigenvalue weighted by Crippen LogP contribution is 2.37. The Bertz CT molecular complexity index is 1940. The van der Waals surface area contributed by atoms with Gasteiger partial charge < -0.3 is 26.3 Å². The van der Waals surface area contributed by atoms with Gasteiger partial charge in [0.2, 0.25) is 23.6 Å². The first-order chi connectivity index (χ1) is 24.8. The Labute approximate surface area is 306 Å². The summed E-state index contributed by atoms with van der Waals surface area (Å²) in [6, 6.07) is 10.00. The van der Waals surface area contributed by atoms with Gasteiger partial charge in [-0.1, -0.05) is 70.3 Å². The summed E-state index contributed by atoms with van der Waals surface area (Å²) in [4.78, 5) is 63.1. The molecule has 2 heterocycles. The van der Waals surface area contributed by atoms with Gasteiger partial charge in [-0.15, -0.1) is 0 Å². The van der Waals surface area contributed by atoms with Crippen molar-refractivity contribution in [3.05, 3.63) is 100.0 Å². The van der Waals surface area contributed by atoms with Crippen LogP contribution in [0.4, 0.5) is 8.78 Å². The van der Waals surface area contributed by atoms with Crippen LogP contribution in [0.3, 0.4) is 0 Å². The van der Waals surface area contributed by atoms with Crippen LogP contribution in [-0.2, 0) is 45.0 Å². The fourth-order valence-corrected chi connectivity index (χ4v) is 6.92. The first kappa shape index (κ1) is 38.4. The van der Waals surface area contributed by atoms with Gasteiger partial charge in [0.05, 0.1) is 17.0 Å². The second-order valence-corrected chi connectivity index (χ2v) is 14.2. The van der Waals surface area contributed by atoms with Crippen LogP contribution in [0.1, 0.15) is 69.3 Å². The summed E-state index contributed by atoms with van der Waals surface area (Å²) in [5.41, 5.74) is 1.30. The molecular weight excluding hydrogens is 690 g/mol. The van der Waals surface area contributed by atoms with Crippen molar-refractivity contribution < 1.29 is 28.0 Å². The van der Waals surface area contributed by atoms with E-state index in [9.17, 15) is 28.0 Å². The monoisotopic (exact) mass is 734 g/mol. The zero-order valence-corrected chi connectivity index (χ0v) is 30.5. The minimum absolute atomic E-state index is 0.0397. The molecule has 0 saturated heterocycles. The predicted octanol–water partition coefficient (Wildman–Crippen LogP) is 5.46. The number of pyridine rings is 1. The van der Waals surface area contributed by atoms with Crippen LogP contribution in [0.5, 0.6) is 0 Å². The number of aromatic nitrogens is 2. The van der Waals surface area contributed by atoms with E-state index < -0.39 is 52.9 Å². The lowest BCUT2D eigenvalue weighted by Crippen LogP contribution is -2.67. The molecule has 0 aliphatic heterocycles. The van der Waals surface area contributed by atoms with Gasteiger partial charge >= 0.3 is 0 Å². The third-order valence-electron chi connectivity index (χ3n) is 10.2. The highest BCUT2D eigenvalue weighted by atomic mass is 35.5. The fourth-order valence-electron chi connectivity index (χ4n) is 6.66. The number of benzene rings is 2. The molecule has 13 heteroatoms. The van der Waals surface area contributed by atoms with Crippen LogP contribution in [0.25, 0.3) is 10.9 Å². The summed E-state index contributed by atoms with van der Waals surface area (Å²) in [5, 5.41) is 12.3. The molecule has 4 aromatic rings. The summed E-state index contributed by atoms with van der Waals surface area (Å²) < 4.78 is 29.1. The number of hydrogen-bond donors (Lipinski definition) is 5. The summed E-state index contributed by atoms with van der Waals surface area (Å²) in [6.45, 7) is 7.66. The molecule has 2 aromatic heterocycles. The maximum absolute atomic E-state index is 14.7. The average molecular weight is 735 g/mol. The number of nitrogens with one attached hydrogen (secondary N) is 5. The lowest BCUT2D eigenvalue weighted by atomic mass is 9.78. The van der Waals surface area contributed by atoms with Crippen molar-refractivity contribution in [1.82, 2.24) is 31.2 Å². The van der Waals surface area contributed by atoms with Gasteiger partial charge in [-0.3, -0.25) is 24.2 Å². The molecule has 0 saturated carbocycles. The average Bonchev–Trinajstić information content (AvgIpc) is 3.50. The molecule has 276 valence electrons. The lowest BCUT2D eigenvalue weighted by molar-refractivity contribution is -0.139. The lowest BCUT2D eigenvalue weighted by Gasteiger charge is -2.39. The van der Waals surface area contributed by atoms with E-state index >= 15 is 0 Å². The first-order valence-electron chi connectivity index (χ1n) is 17.7. The van der Waals surface area contributed by atoms with Crippen molar-refractivity contribution in [2.45, 2.75) is 90.4 Å². The van der Waals surface area contributed by atoms with E-state index in [2.05, 4.69) is 31.2 Å². The van der Waals surface area contributed by atoms with Crippen molar-refractivity contribution in [3.8, 4) is 0 Å². The van der Waals surface area contributed by atoms with Gasteiger partial charge in [0.25, 0.3) is 0 Å². The van der Waals surface area contributed by atoms with Crippen molar-refractivity contribution in [2.75, 3.05) is 0 Å². The van der Waals surface area contributed by atoms with Gasteiger partial charge in [-0.2, -0.15) is 0 Å². The number of carbonyl (C=O) groups excluding carboxylic acids is 4. The molecule has 2 aromatic carbocycles. The third-order valence-corrected chi connectivity index (χ3v) is 10.5. The molecule has 1 aliphatic carbocycles. The fraction of sp³-hybridized carbons (Fsp3) is 0.410. The number of amides is 4. The van der Waals surface area contributed by atoms with Crippen LogP contribution in [0.15, 0.2) is 60.9 Å². The maximum Gasteiger partial charge on any atom is 0.246 e. The standard InChI is InChI=1S/C39H45ClF2N6O4/c1-5-22(3)33(36(50)44-21-24-12-15-43-16-13-24)47-38(52)39(14-11-31-28(20-39)27-18-26(41)19-29(40)35(27)45-31)48-37(51)34(23(4)6-2)46-32(49)17-25-9-7-8-10-30(25)42/h7-10,12-13,15-16,18-19,22-23,33-34,45H,5-6,11,14,17,20-21H2,1-4H3,(H,44,50)(H,46,49)(H,47,52)(H,48,51)/t22-,23?,33?,34-,39+/m0/s1. The number of hydrogen-bond acceptors (Lipinski definition) is 5. The maximum atomic E-state index is 14.7. The predicted molar refractivity (Wildman–Crippen MR) is 195 cm³/mol. The molecule has 52 heavy (non-hydrogen) atoms. The van der Waals surface area contributed by atoms with Gasteiger partial charge in [0.1, 0.15) is 29.3 Å². The molecule has 10 nitrogen and oxygen atoms in total. The zero-order chi connectivity index (χ0) is 37.6. The van der Waals surface area contributed by atoms with Gasteiger partial charge in [0.15, 0.2) is 0 Å². The number of rotatable bonds is 14. The highest BCUT2D eigenvalue weighted by Gasteiger charge is 2.47. The van der Waals surface area contributed by atoms with E-state index in [4.69, 9.17) is 11.6 Å². The van der Waals surface area contributed by atoms with Crippen molar-refractivity contribution in [2.24, 2.45) is 11.8 Å². The number of nitrogens with zero attached hydrogens (tertiary/aromatic N) is 1. The highest BCUT2D eigenvalue weighted by molar-refractivity contribution is 6.35. The van der Waals surface area contributed by atoms with Crippen molar-refractivity contribution in [1.29, 1.82) is 0 Å². The number of halogens is 3. The molecule has 5 atom stereocenters. The van der Waals surface area contributed by atoms with E-state index in [1.165, 1.54) is 30.3 Å². The van der Waals surface area contributed by atoms with Crippen LogP contribution in [0, 0.1) is 23.5 Å². The van der Waals surface area contributed by atoms with E-state index in [1.807, 2.05) is 20.8 Å². The number of carbonyl (C=O) groups is 4. The Hall–Kier alpha value is -4.84. The molecule has 0 bridgehead atoms. The van der Waals surface area contributed by atoms with E-state index in [-0.39, 0.29) is 48.2 Å². The quantitative estimate of drug-likeness (QED) is 0.117. The Balaban J connectivity index is 1.47. The summed E-state index contributed by atoms with van der Waals surface area (Å²) >= 11 is 6.41. The topological polar surface area (TPSA) is 145 Å². The van der Waals surface area contributed by atoms with Crippen LogP contribution < -0.4 is 21.3 Å². The molecule has 0 spiro atoms. The van der Waals surface area contributed by atoms with Gasteiger partial charge in [-0.05, 0) is 71.7 Å². The van der Waals surface area contributed by atoms with Crippen molar-refractivity contribution >= 4 is 46.1 Å². The normalized spacial score (nSPS) is 17.7. The molecule has 2 unspecified atom stereocenters. The molecular formula is C39H45ClF2N6O4. The van der Waals surface area contributed by atoms with Crippen LogP contribution in [-0.4, -0.2) is 51.2 Å². The Morgan fingerprint density at radius 1 is 0.942 bits per heavy atom. The molecule has 5 N–H and O–H groups in total. The summed E-state index contributed by atoms with van der Waals surface area (Å²) in [5.74, 6) is -3.88. The van der Waals surface area contributed by atoms with E-state index in [0.29, 0.717) is 35.7 Å². The molecule has 4 amide bonds. The van der Waals surface area contributed by atoms with E-state index in [0.717, 1.165) is 11.3 Å². The van der Waals surface area contributed by atoms with Crippen LogP contribution in [0.2, 0.25) is 5.02 Å². The number of fused-ring (bicyclic) bond motifs is 3. The zero-order valence-electron chi connectivity index (χ0n) is 29.7. The van der Waals surface area contributed by atoms with Crippen LogP contribution >= 0.6 is 11.6 Å². The minimum Gasteiger partial charge on any atom is -0.357 e. The Kier molecular flexibility index (Phi) is 12.3. The SMILES string of the molecule is CCC(C)[C@H](NC(=O)Cc1ccccc1F)C(=O)N[C@]1(C(=O)NC(C(=O)NCc2ccncc2)[C@@H](C)CC)CCc2[nH]c3c(Cl)cc(F)cc3c2C1. The van der Waals surface area contributed by atoms with Gasteiger partial charge in [0, 0.05) is 36.4 Å². The molecule has 5 rings (SSSR count). The number of H-pyrrole nitrogens is 1. The van der Waals surface area contributed by atoms with Crippen molar-refractivity contribution in [3.63, 3.8) is 0 Å². The molecule has 0 fully saturated rings. The van der Waals surface area contributed by atoms with E-state index in [1.54, 1.807) is 37.5 Å². The Morgan fingerprint density at radius 3 is 2.29 bits per heavy atom. The number of aryl methyl sites for hydroxylation is 1. The summed E-state index contributed by atoms with van der Waals surface area (Å²) in [7, 11) is 0. The Morgan fingerprint density at radius 2 is 1.62 bits per heavy atom. The molecule has 1 aliphatic rings. The second-order valence-electron chi connectivity index (χ2n) is 13.7. The second kappa shape index (κ2) is 16.7. The summed E-state index contributed by atoms with van der Waals surface area (Å²) in [6.07, 6.45) is 4.43. The third kappa shape index (κ3) is 8.61. The number of aromatic amines is 1. The van der Waals surface area contributed by atoms with Gasteiger partial charge in [-0.25, -0.2) is 8.78 Å². The molecule has 0 radical (unpaired) electrons. The minimum atomic E-state index is -1.60.